The minimum absolute atomic E-state index is 0.677. The molecule has 17 heavy (non-hydrogen) atoms. The van der Waals surface area contributed by atoms with Gasteiger partial charge in [0.2, 0.25) is 0 Å². The smallest absolute Gasteiger partial charge is 0.0381 e. The van der Waals surface area contributed by atoms with Gasteiger partial charge in [0.05, 0.1) is 0 Å². The Morgan fingerprint density at radius 3 is 2.53 bits per heavy atom. The Labute approximate surface area is 103 Å². The average Bonchev–Trinajstić information content (AvgIpc) is 2.40. The van der Waals surface area contributed by atoms with Gasteiger partial charge < -0.3 is 5.32 Å². The summed E-state index contributed by atoms with van der Waals surface area (Å²) in [5, 5.41) is 3.52. The first kappa shape index (κ1) is 10.4. The number of anilines is 1. The summed E-state index contributed by atoms with van der Waals surface area (Å²) in [5.41, 5.74) is 2.55. The van der Waals surface area contributed by atoms with E-state index in [2.05, 4.69) is 60.0 Å². The third-order valence-electron chi connectivity index (χ3n) is 3.55. The lowest BCUT2D eigenvalue weighted by Gasteiger charge is -2.29. The lowest BCUT2D eigenvalue weighted by atomic mass is 9.79. The molecular weight excluding hydrogens is 206 g/mol. The number of hydrogen-bond donors (Lipinski definition) is 1. The molecule has 0 radical (unpaired) electrons. The molecule has 2 unspecified atom stereocenters. The molecule has 3 rings (SSSR count). The van der Waals surface area contributed by atoms with Gasteiger partial charge in [-0.3, -0.25) is 0 Å². The Kier molecular flexibility index (Phi) is 2.83. The largest absolute Gasteiger partial charge is 0.359 e. The van der Waals surface area contributed by atoms with Crippen LogP contribution >= 0.6 is 0 Å². The number of nitrogens with one attached hydrogen (secondary N) is 1. The normalized spacial score (nSPS) is 26.2. The van der Waals surface area contributed by atoms with E-state index in [1.165, 1.54) is 11.4 Å². The van der Waals surface area contributed by atoms with E-state index in [1.54, 1.807) is 0 Å². The molecule has 2 atom stereocenters. The molecule has 0 saturated heterocycles. The van der Waals surface area contributed by atoms with Crippen LogP contribution in [0.4, 0.5) is 5.69 Å². The molecule has 2 aliphatic rings. The summed E-state index contributed by atoms with van der Waals surface area (Å²) >= 11 is 0. The van der Waals surface area contributed by atoms with E-state index in [9.17, 15) is 0 Å². The summed E-state index contributed by atoms with van der Waals surface area (Å²) in [6.45, 7) is 0. The summed E-state index contributed by atoms with van der Waals surface area (Å²) in [7, 11) is 0. The van der Waals surface area contributed by atoms with Crippen molar-refractivity contribution < 1.29 is 0 Å². The maximum atomic E-state index is 3.52. The van der Waals surface area contributed by atoms with Gasteiger partial charge in [-0.05, 0) is 36.8 Å². The van der Waals surface area contributed by atoms with Gasteiger partial charge in [0.15, 0.2) is 0 Å². The maximum Gasteiger partial charge on any atom is 0.0381 e. The molecule has 0 aliphatic heterocycles. The second-order valence-corrected chi connectivity index (χ2v) is 4.76. The molecule has 1 N–H and O–H groups in total. The molecule has 0 fully saturated rings. The molecule has 0 heterocycles. The SMILES string of the molecule is C1=CC2CC=C(Nc3ccccc3)CC2C=C1. The van der Waals surface area contributed by atoms with E-state index in [-0.39, 0.29) is 0 Å². The van der Waals surface area contributed by atoms with Gasteiger partial charge in [-0.2, -0.15) is 0 Å². The Morgan fingerprint density at radius 2 is 1.71 bits per heavy atom. The van der Waals surface area contributed by atoms with Crippen molar-refractivity contribution in [1.82, 2.24) is 0 Å². The molecular formula is C16H17N. The predicted octanol–water partition coefficient (Wildman–Crippen LogP) is 4.13. The lowest BCUT2D eigenvalue weighted by Crippen LogP contribution is -2.19. The zero-order valence-electron chi connectivity index (χ0n) is 9.84. The van der Waals surface area contributed by atoms with Crippen molar-refractivity contribution in [3.63, 3.8) is 0 Å². The van der Waals surface area contributed by atoms with Crippen LogP contribution < -0.4 is 5.32 Å². The van der Waals surface area contributed by atoms with Crippen molar-refractivity contribution in [1.29, 1.82) is 0 Å². The van der Waals surface area contributed by atoms with E-state index in [0.717, 1.165) is 12.8 Å². The van der Waals surface area contributed by atoms with Crippen molar-refractivity contribution in [3.8, 4) is 0 Å². The maximum absolute atomic E-state index is 3.52. The summed E-state index contributed by atoms with van der Waals surface area (Å²) < 4.78 is 0. The summed E-state index contributed by atoms with van der Waals surface area (Å²) in [6, 6.07) is 10.4. The number of para-hydroxylation sites is 1. The molecule has 0 saturated carbocycles. The first-order chi connectivity index (χ1) is 8.42. The van der Waals surface area contributed by atoms with Gasteiger partial charge in [0, 0.05) is 11.4 Å². The highest BCUT2D eigenvalue weighted by molar-refractivity contribution is 5.48. The van der Waals surface area contributed by atoms with E-state index < -0.39 is 0 Å². The van der Waals surface area contributed by atoms with Crippen LogP contribution in [-0.2, 0) is 0 Å². The third kappa shape index (κ3) is 2.33. The van der Waals surface area contributed by atoms with Crippen molar-refractivity contribution in [3.05, 3.63) is 66.4 Å². The number of rotatable bonds is 2. The van der Waals surface area contributed by atoms with E-state index >= 15 is 0 Å². The minimum atomic E-state index is 0.677. The van der Waals surface area contributed by atoms with Gasteiger partial charge in [-0.15, -0.1) is 0 Å². The van der Waals surface area contributed by atoms with Crippen molar-refractivity contribution in [2.45, 2.75) is 12.8 Å². The molecule has 0 spiro atoms. The number of fused-ring (bicyclic) bond motifs is 1. The van der Waals surface area contributed by atoms with E-state index in [0.29, 0.717) is 11.8 Å². The Hall–Kier alpha value is -1.76. The second kappa shape index (κ2) is 4.62. The first-order valence-corrected chi connectivity index (χ1v) is 6.28. The van der Waals surface area contributed by atoms with Crippen LogP contribution in [0, 0.1) is 11.8 Å². The fraction of sp³-hybridized carbons (Fsp3) is 0.250. The van der Waals surface area contributed by atoms with Crippen LogP contribution in [-0.4, -0.2) is 0 Å². The fourth-order valence-electron chi connectivity index (χ4n) is 2.60. The molecule has 86 valence electrons. The van der Waals surface area contributed by atoms with Gasteiger partial charge in [0.25, 0.3) is 0 Å². The first-order valence-electron chi connectivity index (χ1n) is 6.28. The number of benzene rings is 1. The highest BCUT2D eigenvalue weighted by atomic mass is 14.9. The van der Waals surface area contributed by atoms with Crippen LogP contribution in [0.5, 0.6) is 0 Å². The average molecular weight is 223 g/mol. The third-order valence-corrected chi connectivity index (χ3v) is 3.55. The Balaban J connectivity index is 1.72. The highest BCUT2D eigenvalue weighted by Crippen LogP contribution is 2.33. The van der Waals surface area contributed by atoms with E-state index in [1.807, 2.05) is 6.07 Å². The van der Waals surface area contributed by atoms with Crippen LogP contribution in [0.25, 0.3) is 0 Å². The van der Waals surface area contributed by atoms with Crippen LogP contribution in [0.15, 0.2) is 66.4 Å². The van der Waals surface area contributed by atoms with Gasteiger partial charge in [-0.1, -0.05) is 48.6 Å². The van der Waals surface area contributed by atoms with Gasteiger partial charge >= 0.3 is 0 Å². The molecule has 0 bridgehead atoms. The van der Waals surface area contributed by atoms with E-state index in [4.69, 9.17) is 0 Å². The standard InChI is InChI=1S/C16H17N/c1-2-8-15(9-3-1)17-16-11-10-13-6-4-5-7-14(13)12-16/h1-9,11,13-14,17H,10,12H2. The predicted molar refractivity (Wildman–Crippen MR) is 72.6 cm³/mol. The quantitative estimate of drug-likeness (QED) is 0.794. The van der Waals surface area contributed by atoms with Gasteiger partial charge in [0.1, 0.15) is 0 Å². The molecule has 1 aromatic rings. The van der Waals surface area contributed by atoms with Crippen LogP contribution in [0.1, 0.15) is 12.8 Å². The lowest BCUT2D eigenvalue weighted by molar-refractivity contribution is 0.449. The molecule has 1 aromatic carbocycles. The van der Waals surface area contributed by atoms with Crippen molar-refractivity contribution >= 4 is 5.69 Å². The second-order valence-electron chi connectivity index (χ2n) is 4.76. The zero-order valence-corrected chi connectivity index (χ0v) is 9.84. The fourth-order valence-corrected chi connectivity index (χ4v) is 2.60. The highest BCUT2D eigenvalue weighted by Gasteiger charge is 2.22. The molecule has 1 heteroatoms. The molecule has 0 amide bonds. The number of hydrogen-bond acceptors (Lipinski definition) is 1. The number of allylic oxidation sites excluding steroid dienone is 6. The molecule has 1 nitrogen and oxygen atoms in total. The monoisotopic (exact) mass is 223 g/mol. The Morgan fingerprint density at radius 1 is 0.941 bits per heavy atom. The molecule has 2 aliphatic carbocycles. The van der Waals surface area contributed by atoms with Gasteiger partial charge in [-0.25, -0.2) is 0 Å². The summed E-state index contributed by atoms with van der Waals surface area (Å²) in [6.07, 6.45) is 13.6. The van der Waals surface area contributed by atoms with Crippen molar-refractivity contribution in [2.75, 3.05) is 5.32 Å². The summed E-state index contributed by atoms with van der Waals surface area (Å²) in [5.74, 6) is 1.39. The minimum Gasteiger partial charge on any atom is -0.359 e. The zero-order chi connectivity index (χ0) is 11.5. The van der Waals surface area contributed by atoms with Crippen LogP contribution in [0.3, 0.4) is 0 Å². The molecule has 0 aromatic heterocycles. The topological polar surface area (TPSA) is 12.0 Å². The van der Waals surface area contributed by atoms with Crippen LogP contribution in [0.2, 0.25) is 0 Å². The Bertz CT molecular complexity index is 468. The summed E-state index contributed by atoms with van der Waals surface area (Å²) in [4.78, 5) is 0. The van der Waals surface area contributed by atoms with Crippen molar-refractivity contribution in [2.24, 2.45) is 11.8 Å².